The molecule has 2 amide bonds. The molecular formula is C20H19N3O3S. The minimum atomic E-state index is -0.625. The first kappa shape index (κ1) is 18.6. The Labute approximate surface area is 161 Å². The molecule has 138 valence electrons. The number of nitrogens with zero attached hydrogens (tertiary/aromatic N) is 1. The molecule has 3 rings (SSSR count). The number of nitrogens with one attached hydrogen (secondary N) is 2. The van der Waals surface area contributed by atoms with Gasteiger partial charge in [0, 0.05) is 22.8 Å². The smallest absolute Gasteiger partial charge is 0.265 e. The van der Waals surface area contributed by atoms with Gasteiger partial charge in [-0.05, 0) is 36.8 Å². The van der Waals surface area contributed by atoms with Crippen molar-refractivity contribution >= 4 is 34.0 Å². The summed E-state index contributed by atoms with van der Waals surface area (Å²) in [5.41, 5.74) is 0.960. The molecule has 0 saturated carbocycles. The lowest BCUT2D eigenvalue weighted by atomic mass is 10.1. The number of rotatable bonds is 7. The largest absolute Gasteiger partial charge is 0.481 e. The summed E-state index contributed by atoms with van der Waals surface area (Å²) in [6.07, 6.45) is 1.51. The van der Waals surface area contributed by atoms with E-state index in [0.717, 1.165) is 0 Å². The predicted molar refractivity (Wildman–Crippen MR) is 106 cm³/mol. The number of benzene rings is 2. The first-order chi connectivity index (χ1) is 13.2. The van der Waals surface area contributed by atoms with E-state index < -0.39 is 6.10 Å². The highest BCUT2D eigenvalue weighted by molar-refractivity contribution is 7.13. The Balaban J connectivity index is 1.65. The van der Waals surface area contributed by atoms with Crippen LogP contribution in [0.2, 0.25) is 0 Å². The lowest BCUT2D eigenvalue weighted by molar-refractivity contribution is -0.122. The third kappa shape index (κ3) is 5.15. The van der Waals surface area contributed by atoms with Gasteiger partial charge in [-0.1, -0.05) is 31.2 Å². The normalized spacial score (nSPS) is 11.4. The Morgan fingerprint density at radius 2 is 1.93 bits per heavy atom. The zero-order chi connectivity index (χ0) is 19.1. The second-order valence-corrected chi connectivity index (χ2v) is 6.58. The molecule has 0 bridgehead atoms. The van der Waals surface area contributed by atoms with Crippen LogP contribution in [0.4, 0.5) is 10.8 Å². The predicted octanol–water partition coefficient (Wildman–Crippen LogP) is 4.19. The Kier molecular flexibility index (Phi) is 6.17. The van der Waals surface area contributed by atoms with Crippen LogP contribution < -0.4 is 15.4 Å². The molecule has 1 unspecified atom stereocenters. The summed E-state index contributed by atoms with van der Waals surface area (Å²) < 4.78 is 5.75. The molecule has 0 saturated heterocycles. The molecule has 1 heterocycles. The number of amides is 2. The molecule has 0 aliphatic heterocycles. The number of hydrogen-bond acceptors (Lipinski definition) is 5. The number of ether oxygens (including phenoxy) is 1. The van der Waals surface area contributed by atoms with Crippen molar-refractivity contribution in [1.29, 1.82) is 0 Å². The molecule has 0 fully saturated rings. The number of anilines is 2. The molecule has 2 aromatic carbocycles. The minimum absolute atomic E-state index is 0.265. The van der Waals surface area contributed by atoms with E-state index >= 15 is 0 Å². The maximum absolute atomic E-state index is 12.5. The summed E-state index contributed by atoms with van der Waals surface area (Å²) in [5.74, 6) is 0.0866. The first-order valence-electron chi connectivity index (χ1n) is 8.49. The Bertz CT molecular complexity index is 898. The Morgan fingerprint density at radius 3 is 2.63 bits per heavy atom. The van der Waals surface area contributed by atoms with Gasteiger partial charge in [-0.2, -0.15) is 0 Å². The highest BCUT2D eigenvalue weighted by Gasteiger charge is 2.19. The number of aromatic nitrogens is 1. The summed E-state index contributed by atoms with van der Waals surface area (Å²) in [6.45, 7) is 1.88. The number of para-hydroxylation sites is 1. The first-order valence-corrected chi connectivity index (χ1v) is 9.37. The van der Waals surface area contributed by atoms with Crippen LogP contribution in [0, 0.1) is 0 Å². The van der Waals surface area contributed by atoms with Crippen molar-refractivity contribution in [3.63, 3.8) is 0 Å². The van der Waals surface area contributed by atoms with Crippen LogP contribution in [-0.2, 0) is 4.79 Å². The van der Waals surface area contributed by atoms with Crippen LogP contribution in [0.25, 0.3) is 0 Å². The van der Waals surface area contributed by atoms with E-state index in [2.05, 4.69) is 15.6 Å². The summed E-state index contributed by atoms with van der Waals surface area (Å²) in [4.78, 5) is 28.9. The average Bonchev–Trinajstić information content (AvgIpc) is 3.20. The molecule has 0 spiro atoms. The highest BCUT2D eigenvalue weighted by Crippen LogP contribution is 2.17. The molecule has 7 heteroatoms. The van der Waals surface area contributed by atoms with Gasteiger partial charge in [-0.3, -0.25) is 14.9 Å². The molecule has 0 radical (unpaired) electrons. The van der Waals surface area contributed by atoms with Gasteiger partial charge in [0.15, 0.2) is 11.2 Å². The topological polar surface area (TPSA) is 80.3 Å². The van der Waals surface area contributed by atoms with Crippen molar-refractivity contribution in [2.45, 2.75) is 19.4 Å². The Hall–Kier alpha value is -3.19. The van der Waals surface area contributed by atoms with E-state index in [9.17, 15) is 9.59 Å². The standard InChI is InChI=1S/C20H19N3O3S/c1-2-17(26-16-9-4-3-5-10-16)19(25)22-15-8-6-7-14(13-15)18(24)23-20-21-11-12-27-20/h3-13,17H,2H2,1H3,(H,22,25)(H,21,23,24). The molecule has 3 aromatic rings. The number of carbonyl (C=O) groups is 2. The second-order valence-electron chi connectivity index (χ2n) is 5.69. The minimum Gasteiger partial charge on any atom is -0.481 e. The van der Waals surface area contributed by atoms with Gasteiger partial charge in [-0.25, -0.2) is 4.98 Å². The second kappa shape index (κ2) is 8.95. The van der Waals surface area contributed by atoms with E-state index in [-0.39, 0.29) is 11.8 Å². The van der Waals surface area contributed by atoms with Crippen molar-refractivity contribution in [3.8, 4) is 5.75 Å². The maximum Gasteiger partial charge on any atom is 0.265 e. The van der Waals surface area contributed by atoms with Crippen molar-refractivity contribution in [1.82, 2.24) is 4.98 Å². The van der Waals surface area contributed by atoms with Gasteiger partial charge in [0.2, 0.25) is 0 Å². The van der Waals surface area contributed by atoms with Crippen molar-refractivity contribution in [2.75, 3.05) is 10.6 Å². The van der Waals surface area contributed by atoms with Crippen LogP contribution in [-0.4, -0.2) is 22.9 Å². The van der Waals surface area contributed by atoms with Gasteiger partial charge in [0.05, 0.1) is 0 Å². The van der Waals surface area contributed by atoms with Crippen LogP contribution in [0.15, 0.2) is 66.2 Å². The molecule has 1 aromatic heterocycles. The van der Waals surface area contributed by atoms with Crippen LogP contribution in [0.1, 0.15) is 23.7 Å². The fraction of sp³-hybridized carbons (Fsp3) is 0.150. The lowest BCUT2D eigenvalue weighted by Gasteiger charge is -2.17. The van der Waals surface area contributed by atoms with Gasteiger partial charge < -0.3 is 10.1 Å². The summed E-state index contributed by atoms with van der Waals surface area (Å²) >= 11 is 1.34. The van der Waals surface area contributed by atoms with Crippen LogP contribution in [0.5, 0.6) is 5.75 Å². The number of carbonyl (C=O) groups excluding carboxylic acids is 2. The third-order valence-electron chi connectivity index (χ3n) is 3.73. The zero-order valence-corrected chi connectivity index (χ0v) is 15.5. The van der Waals surface area contributed by atoms with Crippen molar-refractivity contribution in [2.24, 2.45) is 0 Å². The summed E-state index contributed by atoms with van der Waals surface area (Å²) in [7, 11) is 0. The maximum atomic E-state index is 12.5. The van der Waals surface area contributed by atoms with Crippen LogP contribution >= 0.6 is 11.3 Å². The molecule has 1 atom stereocenters. The fourth-order valence-electron chi connectivity index (χ4n) is 2.40. The van der Waals surface area contributed by atoms with E-state index in [0.29, 0.717) is 28.6 Å². The fourth-order valence-corrected chi connectivity index (χ4v) is 2.92. The monoisotopic (exact) mass is 381 g/mol. The lowest BCUT2D eigenvalue weighted by Crippen LogP contribution is -2.32. The average molecular weight is 381 g/mol. The van der Waals surface area contributed by atoms with E-state index in [4.69, 9.17) is 4.74 Å². The van der Waals surface area contributed by atoms with E-state index in [1.54, 1.807) is 48.0 Å². The molecule has 6 nitrogen and oxygen atoms in total. The SMILES string of the molecule is CCC(Oc1ccccc1)C(=O)Nc1cccc(C(=O)Nc2nccs2)c1. The third-order valence-corrected chi connectivity index (χ3v) is 4.42. The van der Waals surface area contributed by atoms with Crippen molar-refractivity contribution in [3.05, 3.63) is 71.7 Å². The highest BCUT2D eigenvalue weighted by atomic mass is 32.1. The molecular weight excluding hydrogens is 362 g/mol. The molecule has 0 aliphatic carbocycles. The van der Waals surface area contributed by atoms with E-state index in [1.165, 1.54) is 11.3 Å². The molecule has 2 N–H and O–H groups in total. The van der Waals surface area contributed by atoms with Gasteiger partial charge in [0.25, 0.3) is 11.8 Å². The number of thiazole rings is 1. The quantitative estimate of drug-likeness (QED) is 0.643. The van der Waals surface area contributed by atoms with Crippen molar-refractivity contribution < 1.29 is 14.3 Å². The number of hydrogen-bond donors (Lipinski definition) is 2. The summed E-state index contributed by atoms with van der Waals surface area (Å²) in [5, 5.41) is 7.83. The Morgan fingerprint density at radius 1 is 1.11 bits per heavy atom. The van der Waals surface area contributed by atoms with Gasteiger partial charge in [-0.15, -0.1) is 11.3 Å². The van der Waals surface area contributed by atoms with Gasteiger partial charge >= 0.3 is 0 Å². The zero-order valence-electron chi connectivity index (χ0n) is 14.7. The summed E-state index contributed by atoms with van der Waals surface area (Å²) in [6, 6.07) is 15.9. The molecule has 0 aliphatic rings. The van der Waals surface area contributed by atoms with E-state index in [1.807, 2.05) is 25.1 Å². The molecule has 27 heavy (non-hydrogen) atoms. The van der Waals surface area contributed by atoms with Gasteiger partial charge in [0.1, 0.15) is 5.75 Å². The van der Waals surface area contributed by atoms with Crippen LogP contribution in [0.3, 0.4) is 0 Å².